The van der Waals surface area contributed by atoms with Crippen molar-refractivity contribution in [2.75, 3.05) is 33.4 Å². The predicted octanol–water partition coefficient (Wildman–Crippen LogP) is 0.703. The van der Waals surface area contributed by atoms with Gasteiger partial charge < -0.3 is 19.9 Å². The van der Waals surface area contributed by atoms with Crippen LogP contribution < -0.4 is 10.6 Å². The molecule has 0 aliphatic rings. The number of hydrogen-bond donors (Lipinski definition) is 2. The standard InChI is InChI=1S/C11H21N5O.HI/c1-3-13-11(15-6-9-17-2)14-5-8-16-7-4-12-10-16;/h4,7,10H,3,5-6,8-9H2,1-2H3,(H2,13,14,15);1H. The van der Waals surface area contributed by atoms with Gasteiger partial charge in [-0.05, 0) is 6.92 Å². The summed E-state index contributed by atoms with van der Waals surface area (Å²) in [7, 11) is 1.68. The van der Waals surface area contributed by atoms with Crippen molar-refractivity contribution in [1.82, 2.24) is 20.2 Å². The summed E-state index contributed by atoms with van der Waals surface area (Å²) < 4.78 is 6.98. The highest BCUT2D eigenvalue weighted by Crippen LogP contribution is 1.84. The summed E-state index contributed by atoms with van der Waals surface area (Å²) in [6, 6.07) is 0. The van der Waals surface area contributed by atoms with Crippen molar-refractivity contribution in [2.24, 2.45) is 4.99 Å². The van der Waals surface area contributed by atoms with E-state index in [1.807, 2.05) is 17.7 Å². The topological polar surface area (TPSA) is 63.5 Å². The van der Waals surface area contributed by atoms with Gasteiger partial charge in [-0.25, -0.2) is 4.98 Å². The highest BCUT2D eigenvalue weighted by molar-refractivity contribution is 14.0. The molecule has 0 aliphatic heterocycles. The number of methoxy groups -OCH3 is 1. The maximum absolute atomic E-state index is 4.96. The molecular formula is C11H22IN5O. The first kappa shape index (κ1) is 17.2. The van der Waals surface area contributed by atoms with Crippen molar-refractivity contribution < 1.29 is 4.74 Å². The number of halogens is 1. The first-order valence-electron chi connectivity index (χ1n) is 5.83. The number of ether oxygens (including phenoxy) is 1. The number of guanidine groups is 1. The zero-order valence-corrected chi connectivity index (χ0v) is 13.3. The molecular weight excluding hydrogens is 345 g/mol. The van der Waals surface area contributed by atoms with Crippen LogP contribution in [-0.4, -0.2) is 48.9 Å². The van der Waals surface area contributed by atoms with E-state index in [-0.39, 0.29) is 24.0 Å². The number of hydrogen-bond acceptors (Lipinski definition) is 3. The number of aliphatic imine (C=N–C) groups is 1. The van der Waals surface area contributed by atoms with Crippen molar-refractivity contribution in [3.63, 3.8) is 0 Å². The van der Waals surface area contributed by atoms with E-state index in [1.165, 1.54) is 0 Å². The summed E-state index contributed by atoms with van der Waals surface area (Å²) >= 11 is 0. The van der Waals surface area contributed by atoms with Crippen LogP contribution in [0.25, 0.3) is 0 Å². The second kappa shape index (κ2) is 11.3. The van der Waals surface area contributed by atoms with Gasteiger partial charge in [-0.15, -0.1) is 24.0 Å². The Kier molecular flexibility index (Phi) is 10.8. The Labute approximate surface area is 125 Å². The van der Waals surface area contributed by atoms with E-state index in [9.17, 15) is 0 Å². The third kappa shape index (κ3) is 7.49. The Morgan fingerprint density at radius 1 is 1.44 bits per heavy atom. The molecule has 0 bridgehead atoms. The van der Waals surface area contributed by atoms with Gasteiger partial charge in [0.15, 0.2) is 5.96 Å². The van der Waals surface area contributed by atoms with Crippen LogP contribution in [0.15, 0.2) is 23.7 Å². The molecule has 0 saturated carbocycles. The fourth-order valence-electron chi connectivity index (χ4n) is 1.31. The minimum Gasteiger partial charge on any atom is -0.383 e. The number of nitrogens with zero attached hydrogens (tertiary/aromatic N) is 3. The number of aromatic nitrogens is 2. The summed E-state index contributed by atoms with van der Waals surface area (Å²) in [5.74, 6) is 0.824. The molecule has 0 fully saturated rings. The van der Waals surface area contributed by atoms with Gasteiger partial charge in [0.25, 0.3) is 0 Å². The van der Waals surface area contributed by atoms with E-state index in [4.69, 9.17) is 4.74 Å². The minimum absolute atomic E-state index is 0. The Morgan fingerprint density at radius 2 is 2.28 bits per heavy atom. The van der Waals surface area contributed by atoms with Gasteiger partial charge in [-0.3, -0.25) is 4.99 Å². The SMILES string of the molecule is CCNC(=NCCOC)NCCn1ccnc1.I. The van der Waals surface area contributed by atoms with E-state index < -0.39 is 0 Å². The van der Waals surface area contributed by atoms with Gasteiger partial charge in [-0.2, -0.15) is 0 Å². The molecule has 0 saturated heterocycles. The molecule has 0 atom stereocenters. The van der Waals surface area contributed by atoms with E-state index in [0.717, 1.165) is 25.6 Å². The maximum atomic E-state index is 4.96. The third-order valence-corrected chi connectivity index (χ3v) is 2.13. The number of rotatable bonds is 7. The van der Waals surface area contributed by atoms with E-state index in [2.05, 4.69) is 20.6 Å². The van der Waals surface area contributed by atoms with Crippen LogP contribution in [-0.2, 0) is 11.3 Å². The monoisotopic (exact) mass is 367 g/mol. The molecule has 0 unspecified atom stereocenters. The Bertz CT molecular complexity index is 315. The summed E-state index contributed by atoms with van der Waals surface area (Å²) in [4.78, 5) is 8.36. The first-order chi connectivity index (χ1) is 8.36. The summed E-state index contributed by atoms with van der Waals surface area (Å²) in [6.07, 6.45) is 5.52. The molecule has 1 rings (SSSR count). The largest absolute Gasteiger partial charge is 0.383 e. The van der Waals surface area contributed by atoms with Crippen molar-refractivity contribution in [3.05, 3.63) is 18.7 Å². The summed E-state index contributed by atoms with van der Waals surface area (Å²) in [5.41, 5.74) is 0. The smallest absolute Gasteiger partial charge is 0.191 e. The van der Waals surface area contributed by atoms with E-state index in [1.54, 1.807) is 19.6 Å². The fraction of sp³-hybridized carbons (Fsp3) is 0.636. The van der Waals surface area contributed by atoms with Crippen LogP contribution in [0, 0.1) is 0 Å². The molecule has 0 radical (unpaired) electrons. The number of nitrogens with one attached hydrogen (secondary N) is 2. The van der Waals surface area contributed by atoms with Crippen LogP contribution in [0.5, 0.6) is 0 Å². The van der Waals surface area contributed by atoms with Crippen LogP contribution >= 0.6 is 24.0 Å². The highest BCUT2D eigenvalue weighted by atomic mass is 127. The maximum Gasteiger partial charge on any atom is 0.191 e. The zero-order valence-electron chi connectivity index (χ0n) is 10.9. The molecule has 0 amide bonds. The average molecular weight is 367 g/mol. The van der Waals surface area contributed by atoms with Crippen molar-refractivity contribution in [1.29, 1.82) is 0 Å². The van der Waals surface area contributed by atoms with Crippen LogP contribution in [0.2, 0.25) is 0 Å². The zero-order chi connectivity index (χ0) is 12.3. The molecule has 7 heteroatoms. The van der Waals surface area contributed by atoms with Crippen LogP contribution in [0.4, 0.5) is 0 Å². The van der Waals surface area contributed by atoms with E-state index in [0.29, 0.717) is 13.2 Å². The van der Waals surface area contributed by atoms with Crippen LogP contribution in [0.1, 0.15) is 6.92 Å². The molecule has 1 heterocycles. The lowest BCUT2D eigenvalue weighted by Gasteiger charge is -2.11. The van der Waals surface area contributed by atoms with Gasteiger partial charge >= 0.3 is 0 Å². The van der Waals surface area contributed by atoms with Gasteiger partial charge in [0, 0.05) is 39.1 Å². The molecule has 104 valence electrons. The predicted molar refractivity (Wildman–Crippen MR) is 83.5 cm³/mol. The van der Waals surface area contributed by atoms with Crippen molar-refractivity contribution in [2.45, 2.75) is 13.5 Å². The Hall–Kier alpha value is -0.830. The number of imidazole rings is 1. The molecule has 1 aromatic heterocycles. The first-order valence-corrected chi connectivity index (χ1v) is 5.83. The van der Waals surface area contributed by atoms with Crippen molar-refractivity contribution in [3.8, 4) is 0 Å². The lowest BCUT2D eigenvalue weighted by atomic mass is 10.6. The lowest BCUT2D eigenvalue weighted by molar-refractivity contribution is 0.208. The molecule has 2 N–H and O–H groups in total. The van der Waals surface area contributed by atoms with Gasteiger partial charge in [-0.1, -0.05) is 0 Å². The second-order valence-corrected chi connectivity index (χ2v) is 3.48. The normalized spacial score (nSPS) is 10.9. The molecule has 0 aliphatic carbocycles. The second-order valence-electron chi connectivity index (χ2n) is 3.48. The molecule has 1 aromatic rings. The lowest BCUT2D eigenvalue weighted by Crippen LogP contribution is -2.39. The van der Waals surface area contributed by atoms with Crippen molar-refractivity contribution >= 4 is 29.9 Å². The molecule has 0 aromatic carbocycles. The molecule has 18 heavy (non-hydrogen) atoms. The summed E-state index contributed by atoms with van der Waals surface area (Å²) in [6.45, 7) is 5.88. The highest BCUT2D eigenvalue weighted by Gasteiger charge is 1.96. The summed E-state index contributed by atoms with van der Waals surface area (Å²) in [5, 5.41) is 6.43. The Morgan fingerprint density at radius 3 is 2.89 bits per heavy atom. The third-order valence-electron chi connectivity index (χ3n) is 2.13. The van der Waals surface area contributed by atoms with Crippen LogP contribution in [0.3, 0.4) is 0 Å². The Balaban J connectivity index is 0.00000289. The minimum atomic E-state index is 0. The fourth-order valence-corrected chi connectivity index (χ4v) is 1.31. The van der Waals surface area contributed by atoms with E-state index >= 15 is 0 Å². The van der Waals surface area contributed by atoms with Gasteiger partial charge in [0.05, 0.1) is 19.5 Å². The van der Waals surface area contributed by atoms with Gasteiger partial charge in [0.1, 0.15) is 0 Å². The van der Waals surface area contributed by atoms with Gasteiger partial charge in [0.2, 0.25) is 0 Å². The molecule has 6 nitrogen and oxygen atoms in total. The average Bonchev–Trinajstić information content (AvgIpc) is 2.82. The quantitative estimate of drug-likeness (QED) is 0.322. The molecule has 0 spiro atoms.